The lowest BCUT2D eigenvalue weighted by Crippen LogP contribution is -2.14. The Bertz CT molecular complexity index is 374. The third-order valence-electron chi connectivity index (χ3n) is 2.42. The maximum Gasteiger partial charge on any atom is 0.306 e. The number of carboxylic acids is 1. The fourth-order valence-electron chi connectivity index (χ4n) is 1.42. The molecule has 0 fully saturated rings. The van der Waals surface area contributed by atoms with E-state index in [0.717, 1.165) is 22.3 Å². The predicted octanol–water partition coefficient (Wildman–Crippen LogP) is 2.01. The molecule has 1 atom stereocenters. The zero-order chi connectivity index (χ0) is 11.6. The third-order valence-corrected chi connectivity index (χ3v) is 3.34. The topological polar surface area (TPSA) is 55.1 Å². The number of hydrogen-bond donors (Lipinski definition) is 1. The van der Waals surface area contributed by atoms with Gasteiger partial charge in [-0.15, -0.1) is 0 Å². The van der Waals surface area contributed by atoms with Crippen LogP contribution >= 0.6 is 15.9 Å². The Morgan fingerprint density at radius 1 is 1.67 bits per heavy atom. The lowest BCUT2D eigenvalue weighted by molar-refractivity contribution is -0.141. The summed E-state index contributed by atoms with van der Waals surface area (Å²) in [5.41, 5.74) is 1.92. The van der Waals surface area contributed by atoms with Gasteiger partial charge in [-0.25, -0.2) is 0 Å². The summed E-state index contributed by atoms with van der Waals surface area (Å²) in [4.78, 5) is 10.8. The van der Waals surface area contributed by atoms with Crippen molar-refractivity contribution in [1.29, 1.82) is 0 Å². The van der Waals surface area contributed by atoms with E-state index >= 15 is 0 Å². The molecule has 1 N–H and O–H groups in total. The summed E-state index contributed by atoms with van der Waals surface area (Å²) >= 11 is 3.46. The van der Waals surface area contributed by atoms with Crippen LogP contribution in [0, 0.1) is 5.92 Å². The molecule has 1 aromatic heterocycles. The molecule has 0 aliphatic rings. The molecule has 84 valence electrons. The molecule has 0 aliphatic carbocycles. The fourth-order valence-corrected chi connectivity index (χ4v) is 2.20. The largest absolute Gasteiger partial charge is 0.481 e. The normalized spacial score (nSPS) is 12.8. The number of halogens is 1. The van der Waals surface area contributed by atoms with Crippen molar-refractivity contribution in [1.82, 2.24) is 9.78 Å². The molecule has 0 amide bonds. The van der Waals surface area contributed by atoms with Gasteiger partial charge < -0.3 is 5.11 Å². The first kappa shape index (κ1) is 12.2. The number of carbonyl (C=O) groups is 1. The Morgan fingerprint density at radius 3 is 2.67 bits per heavy atom. The summed E-state index contributed by atoms with van der Waals surface area (Å²) in [6.07, 6.45) is 1.34. The molecule has 0 saturated heterocycles. The van der Waals surface area contributed by atoms with Crippen molar-refractivity contribution in [2.75, 3.05) is 0 Å². The number of aliphatic carboxylic acids is 1. The fraction of sp³-hybridized carbons (Fsp3) is 0.600. The Hall–Kier alpha value is -0.840. The van der Waals surface area contributed by atoms with E-state index in [1.165, 1.54) is 0 Å². The summed E-state index contributed by atoms with van der Waals surface area (Å²) in [6, 6.07) is 0. The van der Waals surface area contributed by atoms with Crippen LogP contribution in [0.25, 0.3) is 0 Å². The predicted molar refractivity (Wildman–Crippen MR) is 60.8 cm³/mol. The van der Waals surface area contributed by atoms with Crippen LogP contribution < -0.4 is 0 Å². The van der Waals surface area contributed by atoms with E-state index in [-0.39, 0.29) is 5.92 Å². The van der Waals surface area contributed by atoms with Crippen molar-refractivity contribution < 1.29 is 9.90 Å². The molecular formula is C10H15BrN2O2. The van der Waals surface area contributed by atoms with E-state index in [2.05, 4.69) is 21.0 Å². The summed E-state index contributed by atoms with van der Waals surface area (Å²) in [5.74, 6) is -1.16. The van der Waals surface area contributed by atoms with E-state index in [9.17, 15) is 4.79 Å². The van der Waals surface area contributed by atoms with Gasteiger partial charge in [0.1, 0.15) is 0 Å². The SMILES string of the molecule is CCc1nn(C)c(CC(C)C(=O)O)c1Br. The van der Waals surface area contributed by atoms with Crippen LogP contribution in [0.4, 0.5) is 0 Å². The molecule has 5 heteroatoms. The summed E-state index contributed by atoms with van der Waals surface area (Å²) in [6.45, 7) is 3.73. The van der Waals surface area contributed by atoms with E-state index in [1.807, 2.05) is 14.0 Å². The van der Waals surface area contributed by atoms with E-state index in [1.54, 1.807) is 11.6 Å². The van der Waals surface area contributed by atoms with Crippen molar-refractivity contribution in [2.45, 2.75) is 26.7 Å². The van der Waals surface area contributed by atoms with Crippen LogP contribution in [-0.4, -0.2) is 20.9 Å². The second-order valence-electron chi connectivity index (χ2n) is 3.63. The Balaban J connectivity index is 2.94. The zero-order valence-corrected chi connectivity index (χ0v) is 10.7. The molecule has 0 radical (unpaired) electrons. The highest BCUT2D eigenvalue weighted by molar-refractivity contribution is 9.10. The molecule has 0 aliphatic heterocycles. The van der Waals surface area contributed by atoms with E-state index < -0.39 is 5.97 Å². The molecule has 1 heterocycles. The van der Waals surface area contributed by atoms with Crippen molar-refractivity contribution >= 4 is 21.9 Å². The molecule has 0 spiro atoms. The Labute approximate surface area is 97.4 Å². The molecule has 0 bridgehead atoms. The van der Waals surface area contributed by atoms with Gasteiger partial charge in [-0.05, 0) is 22.4 Å². The first-order chi connectivity index (χ1) is 6.97. The quantitative estimate of drug-likeness (QED) is 0.914. The van der Waals surface area contributed by atoms with Crippen molar-refractivity contribution in [3.8, 4) is 0 Å². The first-order valence-electron chi connectivity index (χ1n) is 4.90. The van der Waals surface area contributed by atoms with E-state index in [0.29, 0.717) is 6.42 Å². The van der Waals surface area contributed by atoms with Crippen LogP contribution in [0.3, 0.4) is 0 Å². The number of aryl methyl sites for hydroxylation is 2. The van der Waals surface area contributed by atoms with Crippen LogP contribution in [0.2, 0.25) is 0 Å². The number of carboxylic acid groups (broad SMARTS) is 1. The van der Waals surface area contributed by atoms with Gasteiger partial charge in [0, 0.05) is 13.5 Å². The minimum absolute atomic E-state index is 0.388. The van der Waals surface area contributed by atoms with Crippen molar-refractivity contribution in [3.63, 3.8) is 0 Å². The zero-order valence-electron chi connectivity index (χ0n) is 9.12. The van der Waals surface area contributed by atoms with Crippen molar-refractivity contribution in [3.05, 3.63) is 15.9 Å². The van der Waals surface area contributed by atoms with Crippen molar-refractivity contribution in [2.24, 2.45) is 13.0 Å². The Morgan fingerprint density at radius 2 is 2.27 bits per heavy atom. The molecule has 0 saturated carbocycles. The van der Waals surface area contributed by atoms with Crippen LogP contribution in [-0.2, 0) is 24.7 Å². The molecule has 4 nitrogen and oxygen atoms in total. The number of hydrogen-bond acceptors (Lipinski definition) is 2. The minimum atomic E-state index is -0.777. The average molecular weight is 275 g/mol. The number of rotatable bonds is 4. The Kier molecular flexibility index (Phi) is 3.90. The van der Waals surface area contributed by atoms with Gasteiger partial charge in [0.25, 0.3) is 0 Å². The van der Waals surface area contributed by atoms with Gasteiger partial charge in [0.05, 0.1) is 21.8 Å². The lowest BCUT2D eigenvalue weighted by atomic mass is 10.1. The highest BCUT2D eigenvalue weighted by atomic mass is 79.9. The van der Waals surface area contributed by atoms with E-state index in [4.69, 9.17) is 5.11 Å². The first-order valence-corrected chi connectivity index (χ1v) is 5.69. The van der Waals surface area contributed by atoms with Crippen LogP contribution in [0.5, 0.6) is 0 Å². The highest BCUT2D eigenvalue weighted by Crippen LogP contribution is 2.23. The molecule has 0 aromatic carbocycles. The molecule has 15 heavy (non-hydrogen) atoms. The maximum atomic E-state index is 10.8. The molecule has 1 aromatic rings. The van der Waals surface area contributed by atoms with Gasteiger partial charge in [0.2, 0.25) is 0 Å². The van der Waals surface area contributed by atoms with Gasteiger partial charge in [0.15, 0.2) is 0 Å². The second kappa shape index (κ2) is 4.79. The molecule has 1 unspecified atom stereocenters. The molecular weight excluding hydrogens is 260 g/mol. The van der Waals surface area contributed by atoms with Crippen LogP contribution in [0.15, 0.2) is 4.47 Å². The van der Waals surface area contributed by atoms with Gasteiger partial charge >= 0.3 is 5.97 Å². The second-order valence-corrected chi connectivity index (χ2v) is 4.42. The summed E-state index contributed by atoms with van der Waals surface area (Å²) in [7, 11) is 1.84. The van der Waals surface area contributed by atoms with Gasteiger partial charge in [-0.3, -0.25) is 9.48 Å². The van der Waals surface area contributed by atoms with Gasteiger partial charge in [-0.1, -0.05) is 13.8 Å². The third kappa shape index (κ3) is 2.59. The minimum Gasteiger partial charge on any atom is -0.481 e. The van der Waals surface area contributed by atoms with Gasteiger partial charge in [-0.2, -0.15) is 5.10 Å². The smallest absolute Gasteiger partial charge is 0.306 e. The number of nitrogens with zero attached hydrogens (tertiary/aromatic N) is 2. The average Bonchev–Trinajstić information content (AvgIpc) is 2.44. The maximum absolute atomic E-state index is 10.8. The van der Waals surface area contributed by atoms with Crippen LogP contribution in [0.1, 0.15) is 25.2 Å². The highest BCUT2D eigenvalue weighted by Gasteiger charge is 2.18. The number of aromatic nitrogens is 2. The monoisotopic (exact) mass is 274 g/mol. The lowest BCUT2D eigenvalue weighted by Gasteiger charge is -2.06. The summed E-state index contributed by atoms with van der Waals surface area (Å²) < 4.78 is 2.70. The molecule has 1 rings (SSSR count). The summed E-state index contributed by atoms with van der Waals surface area (Å²) in [5, 5.41) is 13.2. The standard InChI is InChI=1S/C10H15BrN2O2/c1-4-7-9(11)8(13(3)12-7)5-6(2)10(14)15/h6H,4-5H2,1-3H3,(H,14,15).